The van der Waals surface area contributed by atoms with Crippen molar-refractivity contribution in [3.63, 3.8) is 0 Å². The largest absolute Gasteiger partial charge is 0.493 e. The summed E-state index contributed by atoms with van der Waals surface area (Å²) in [5.74, 6) is -0.799. The number of fused-ring (bicyclic) bond motifs is 1. The fourth-order valence-corrected chi connectivity index (χ4v) is 6.15. The van der Waals surface area contributed by atoms with Gasteiger partial charge in [0.2, 0.25) is 0 Å². The molecule has 3 N–H and O–H groups in total. The first kappa shape index (κ1) is 28.7. The number of hydrogen-bond donors (Lipinski definition) is 3. The van der Waals surface area contributed by atoms with Crippen molar-refractivity contribution >= 4 is 11.8 Å². The van der Waals surface area contributed by atoms with E-state index >= 15 is 0 Å². The molecular formula is C30H41FN4O5. The SMILES string of the molecule is COc1c(F)cc(C2(O)COC2)cc1[C@@H](C(=O)O)N1CC[C@@H](N(C)CCCCCc2ccc3c(n2)NCCC3)C1. The lowest BCUT2D eigenvalue weighted by molar-refractivity contribution is -0.184. The molecule has 0 spiro atoms. The summed E-state index contributed by atoms with van der Waals surface area (Å²) in [6.45, 7) is 3.16. The number of aryl methyl sites for hydroxylation is 2. The molecule has 0 radical (unpaired) electrons. The van der Waals surface area contributed by atoms with Gasteiger partial charge in [0.25, 0.3) is 0 Å². The molecule has 0 unspecified atom stereocenters. The number of unbranched alkanes of at least 4 members (excludes halogenated alkanes) is 2. The number of carboxylic acids is 1. The normalized spacial score (nSPS) is 21.0. The molecule has 5 rings (SSSR count). The summed E-state index contributed by atoms with van der Waals surface area (Å²) in [6, 6.07) is 6.26. The van der Waals surface area contributed by atoms with Gasteiger partial charge in [0.05, 0.1) is 20.3 Å². The van der Waals surface area contributed by atoms with Gasteiger partial charge in [-0.05, 0) is 81.4 Å². The van der Waals surface area contributed by atoms with Crippen LogP contribution in [0.4, 0.5) is 10.2 Å². The van der Waals surface area contributed by atoms with Crippen molar-refractivity contribution in [2.24, 2.45) is 0 Å². The van der Waals surface area contributed by atoms with Gasteiger partial charge in [-0.3, -0.25) is 9.69 Å². The minimum absolute atomic E-state index is 0.0492. The number of aliphatic carboxylic acids is 1. The van der Waals surface area contributed by atoms with Crippen molar-refractivity contribution in [3.8, 4) is 5.75 Å². The van der Waals surface area contributed by atoms with Crippen LogP contribution >= 0.6 is 0 Å². The van der Waals surface area contributed by atoms with Gasteiger partial charge in [-0.2, -0.15) is 0 Å². The van der Waals surface area contributed by atoms with E-state index in [4.69, 9.17) is 14.5 Å². The van der Waals surface area contributed by atoms with Crippen molar-refractivity contribution in [1.82, 2.24) is 14.8 Å². The monoisotopic (exact) mass is 556 g/mol. The molecule has 0 bridgehead atoms. The van der Waals surface area contributed by atoms with Crippen molar-refractivity contribution in [2.45, 2.75) is 62.6 Å². The number of methoxy groups -OCH3 is 1. The number of nitrogens with one attached hydrogen (secondary N) is 1. The second-order valence-electron chi connectivity index (χ2n) is 11.4. The average molecular weight is 557 g/mol. The molecular weight excluding hydrogens is 515 g/mol. The van der Waals surface area contributed by atoms with Crippen molar-refractivity contribution < 1.29 is 28.9 Å². The minimum Gasteiger partial charge on any atom is -0.493 e. The van der Waals surface area contributed by atoms with Gasteiger partial charge in [-0.1, -0.05) is 12.5 Å². The summed E-state index contributed by atoms with van der Waals surface area (Å²) < 4.78 is 25.4. The maximum Gasteiger partial charge on any atom is 0.325 e. The predicted octanol–water partition coefficient (Wildman–Crippen LogP) is 3.35. The molecule has 2 atom stereocenters. The number of rotatable bonds is 12. The first-order valence-corrected chi connectivity index (χ1v) is 14.4. The van der Waals surface area contributed by atoms with E-state index in [0.29, 0.717) is 18.7 Å². The molecule has 1 aromatic carbocycles. The van der Waals surface area contributed by atoms with E-state index in [1.54, 1.807) is 6.07 Å². The van der Waals surface area contributed by atoms with Gasteiger partial charge in [0.15, 0.2) is 11.6 Å². The van der Waals surface area contributed by atoms with Gasteiger partial charge in [0.1, 0.15) is 17.5 Å². The molecule has 10 heteroatoms. The zero-order chi connectivity index (χ0) is 28.3. The Hall–Kier alpha value is -2.79. The number of hydrogen-bond acceptors (Lipinski definition) is 8. The number of nitrogens with zero attached hydrogens (tertiary/aromatic N) is 3. The summed E-state index contributed by atoms with van der Waals surface area (Å²) >= 11 is 0. The quantitative estimate of drug-likeness (QED) is 0.339. The molecule has 4 heterocycles. The molecule has 2 aromatic rings. The van der Waals surface area contributed by atoms with Gasteiger partial charge in [-0.25, -0.2) is 9.37 Å². The van der Waals surface area contributed by atoms with Crippen LogP contribution in [0.15, 0.2) is 24.3 Å². The first-order valence-electron chi connectivity index (χ1n) is 14.4. The second kappa shape index (κ2) is 12.4. The van der Waals surface area contributed by atoms with E-state index in [1.807, 2.05) is 4.90 Å². The van der Waals surface area contributed by atoms with Crippen LogP contribution in [0.1, 0.15) is 60.5 Å². The molecule has 0 aliphatic carbocycles. The fourth-order valence-electron chi connectivity index (χ4n) is 6.15. The number of aliphatic hydroxyl groups is 1. The maximum absolute atomic E-state index is 15.0. The Morgan fingerprint density at radius 2 is 2.15 bits per heavy atom. The van der Waals surface area contributed by atoms with Gasteiger partial charge < -0.3 is 29.9 Å². The maximum atomic E-state index is 15.0. The van der Waals surface area contributed by atoms with Crippen LogP contribution < -0.4 is 10.1 Å². The van der Waals surface area contributed by atoms with Crippen LogP contribution in [0.25, 0.3) is 0 Å². The molecule has 0 amide bonds. The van der Waals surface area contributed by atoms with Crippen LogP contribution in [0, 0.1) is 5.82 Å². The Kier molecular flexibility index (Phi) is 8.89. The van der Waals surface area contributed by atoms with Crippen LogP contribution in [0.3, 0.4) is 0 Å². The lowest BCUT2D eigenvalue weighted by atomic mass is 9.88. The Morgan fingerprint density at radius 3 is 2.88 bits per heavy atom. The van der Waals surface area contributed by atoms with E-state index in [1.165, 1.54) is 18.7 Å². The number of carbonyl (C=O) groups is 1. The van der Waals surface area contributed by atoms with E-state index < -0.39 is 23.4 Å². The summed E-state index contributed by atoms with van der Waals surface area (Å²) in [5.41, 5.74) is 1.67. The summed E-state index contributed by atoms with van der Waals surface area (Å²) in [4.78, 5) is 21.5. The van der Waals surface area contributed by atoms with Gasteiger partial charge in [0, 0.05) is 36.9 Å². The number of ether oxygens (including phenoxy) is 2. The highest BCUT2D eigenvalue weighted by atomic mass is 19.1. The lowest BCUT2D eigenvalue weighted by Gasteiger charge is -2.37. The molecule has 3 aliphatic heterocycles. The number of likely N-dealkylation sites (N-methyl/N-ethyl adjacent to an activating group) is 1. The second-order valence-corrected chi connectivity index (χ2v) is 11.4. The number of pyridine rings is 1. The highest BCUT2D eigenvalue weighted by Gasteiger charge is 2.42. The van der Waals surface area contributed by atoms with E-state index in [-0.39, 0.29) is 30.6 Å². The Morgan fingerprint density at radius 1 is 1.32 bits per heavy atom. The van der Waals surface area contributed by atoms with Crippen LogP contribution in [-0.2, 0) is 28.0 Å². The standard InChI is InChI=1S/C30H41FN4O5/c1-34(13-5-3-4-8-22-10-9-20-7-6-12-32-28(20)33-22)23-11-14-35(17-23)26(29(36)37)24-15-21(30(38)18-40-19-30)16-25(31)27(24)39-2/h9-10,15-16,23,26,38H,3-8,11-14,17-19H2,1-2H3,(H,32,33)(H,36,37)/t23-,26+/m1/s1. The molecule has 2 fully saturated rings. The topological polar surface area (TPSA) is 107 Å². The van der Waals surface area contributed by atoms with Crippen LogP contribution in [0.2, 0.25) is 0 Å². The Bertz CT molecular complexity index is 1210. The summed E-state index contributed by atoms with van der Waals surface area (Å²) in [5, 5.41) is 24.3. The number of aromatic nitrogens is 1. The number of benzene rings is 1. The van der Waals surface area contributed by atoms with Crippen molar-refractivity contribution in [3.05, 3.63) is 52.5 Å². The van der Waals surface area contributed by atoms with Crippen LogP contribution in [0.5, 0.6) is 5.75 Å². The van der Waals surface area contributed by atoms with Gasteiger partial charge >= 0.3 is 5.97 Å². The smallest absolute Gasteiger partial charge is 0.325 e. The zero-order valence-corrected chi connectivity index (χ0v) is 23.5. The summed E-state index contributed by atoms with van der Waals surface area (Å²) in [6.07, 6.45) is 7.29. The molecule has 218 valence electrons. The molecule has 40 heavy (non-hydrogen) atoms. The average Bonchev–Trinajstić information content (AvgIpc) is 3.41. The van der Waals surface area contributed by atoms with Gasteiger partial charge in [-0.15, -0.1) is 0 Å². The third-order valence-electron chi connectivity index (χ3n) is 8.60. The lowest BCUT2D eigenvalue weighted by Crippen LogP contribution is -2.46. The van der Waals surface area contributed by atoms with Crippen molar-refractivity contribution in [1.29, 1.82) is 0 Å². The van der Waals surface area contributed by atoms with E-state index in [2.05, 4.69) is 29.4 Å². The molecule has 3 aliphatic rings. The first-order chi connectivity index (χ1) is 19.3. The van der Waals surface area contributed by atoms with E-state index in [9.17, 15) is 19.4 Å². The Balaban J connectivity index is 1.15. The third kappa shape index (κ3) is 6.10. The minimum atomic E-state index is -1.31. The molecule has 0 saturated carbocycles. The summed E-state index contributed by atoms with van der Waals surface area (Å²) in [7, 11) is 3.43. The molecule has 2 saturated heterocycles. The van der Waals surface area contributed by atoms with Crippen LogP contribution in [-0.4, -0.2) is 90.6 Å². The Labute approximate surface area is 235 Å². The predicted molar refractivity (Wildman–Crippen MR) is 149 cm³/mol. The molecule has 9 nitrogen and oxygen atoms in total. The highest BCUT2D eigenvalue weighted by Crippen LogP contribution is 2.39. The number of halogens is 1. The fraction of sp³-hybridized carbons (Fsp3) is 0.600. The highest BCUT2D eigenvalue weighted by molar-refractivity contribution is 5.77. The number of anilines is 1. The third-order valence-corrected chi connectivity index (χ3v) is 8.60. The number of carboxylic acid groups (broad SMARTS) is 1. The molecule has 1 aromatic heterocycles. The van der Waals surface area contributed by atoms with E-state index in [0.717, 1.165) is 69.5 Å². The number of likely N-dealkylation sites (tertiary alicyclic amines) is 1. The van der Waals surface area contributed by atoms with Crippen molar-refractivity contribution in [2.75, 3.05) is 58.9 Å². The zero-order valence-electron chi connectivity index (χ0n) is 23.5.